The lowest BCUT2D eigenvalue weighted by Gasteiger charge is -2.28. The topological polar surface area (TPSA) is 69.7 Å². The van der Waals surface area contributed by atoms with E-state index in [1.165, 1.54) is 23.6 Å². The van der Waals surface area contributed by atoms with E-state index < -0.39 is 10.0 Å². The quantitative estimate of drug-likeness (QED) is 0.774. The van der Waals surface area contributed by atoms with Crippen molar-refractivity contribution in [2.75, 3.05) is 36.1 Å². The van der Waals surface area contributed by atoms with E-state index in [2.05, 4.69) is 10.2 Å². The summed E-state index contributed by atoms with van der Waals surface area (Å²) < 4.78 is 25.3. The van der Waals surface area contributed by atoms with Gasteiger partial charge in [-0.3, -0.25) is 4.79 Å². The smallest absolute Gasteiger partial charge is 0.239 e. The van der Waals surface area contributed by atoms with Crippen LogP contribution in [0.5, 0.6) is 0 Å². The summed E-state index contributed by atoms with van der Waals surface area (Å²) in [7, 11) is -3.51. The largest absolute Gasteiger partial charge is 0.372 e. The first kappa shape index (κ1) is 20.4. The standard InChI is InChI=1S/C21H27N3O3S/c1-28(26,27)24(16-18-8-4-2-5-9-18)17-21(25)22-19-10-12-20(13-11-19)23-14-6-3-7-15-23/h2,4-5,8-13H,3,6-7,14-17H2,1H3,(H,22,25). The highest BCUT2D eigenvalue weighted by Gasteiger charge is 2.20. The normalized spacial score (nSPS) is 14.9. The summed E-state index contributed by atoms with van der Waals surface area (Å²) in [5.41, 5.74) is 2.66. The molecule has 1 amide bonds. The average Bonchev–Trinajstić information content (AvgIpc) is 2.69. The van der Waals surface area contributed by atoms with Crippen LogP contribution in [0.2, 0.25) is 0 Å². The van der Waals surface area contributed by atoms with Crippen LogP contribution in [0.15, 0.2) is 54.6 Å². The van der Waals surface area contributed by atoms with Crippen LogP contribution in [0.1, 0.15) is 24.8 Å². The maximum absolute atomic E-state index is 12.4. The Bertz CT molecular complexity index is 877. The number of anilines is 2. The molecule has 0 bridgehead atoms. The molecule has 1 heterocycles. The molecule has 6 nitrogen and oxygen atoms in total. The van der Waals surface area contributed by atoms with Gasteiger partial charge in [0.25, 0.3) is 0 Å². The number of hydrogen-bond donors (Lipinski definition) is 1. The Hall–Kier alpha value is -2.38. The number of piperidine rings is 1. The van der Waals surface area contributed by atoms with E-state index in [1.807, 2.05) is 54.6 Å². The highest BCUT2D eigenvalue weighted by Crippen LogP contribution is 2.22. The van der Waals surface area contributed by atoms with Gasteiger partial charge in [0.15, 0.2) is 0 Å². The third-order valence-electron chi connectivity index (χ3n) is 4.86. The Labute approximate surface area is 167 Å². The minimum atomic E-state index is -3.51. The van der Waals surface area contributed by atoms with E-state index in [9.17, 15) is 13.2 Å². The van der Waals surface area contributed by atoms with Crippen molar-refractivity contribution in [3.8, 4) is 0 Å². The highest BCUT2D eigenvalue weighted by atomic mass is 32.2. The van der Waals surface area contributed by atoms with E-state index in [0.717, 1.165) is 30.6 Å². The summed E-state index contributed by atoms with van der Waals surface area (Å²) in [4.78, 5) is 14.8. The fraction of sp³-hybridized carbons (Fsp3) is 0.381. The van der Waals surface area contributed by atoms with E-state index in [1.54, 1.807) is 0 Å². The number of amides is 1. The molecule has 7 heteroatoms. The molecule has 0 atom stereocenters. The molecule has 1 aliphatic heterocycles. The Morgan fingerprint density at radius 2 is 1.64 bits per heavy atom. The van der Waals surface area contributed by atoms with Crippen LogP contribution < -0.4 is 10.2 Å². The van der Waals surface area contributed by atoms with Crippen LogP contribution in [-0.4, -0.2) is 44.5 Å². The molecule has 3 rings (SSSR count). The van der Waals surface area contributed by atoms with Gasteiger partial charge in [0, 0.05) is 31.0 Å². The minimum absolute atomic E-state index is 0.168. The molecular weight excluding hydrogens is 374 g/mol. The van der Waals surface area contributed by atoms with Gasteiger partial charge in [-0.15, -0.1) is 0 Å². The van der Waals surface area contributed by atoms with Crippen molar-refractivity contribution < 1.29 is 13.2 Å². The first-order chi connectivity index (χ1) is 13.4. The molecule has 150 valence electrons. The molecule has 0 saturated carbocycles. The van der Waals surface area contributed by atoms with E-state index in [4.69, 9.17) is 0 Å². The molecule has 1 fully saturated rings. The monoisotopic (exact) mass is 401 g/mol. The zero-order valence-electron chi connectivity index (χ0n) is 16.2. The Balaban J connectivity index is 1.61. The summed E-state index contributed by atoms with van der Waals surface area (Å²) >= 11 is 0. The SMILES string of the molecule is CS(=O)(=O)N(CC(=O)Nc1ccc(N2CCCCC2)cc1)Cc1ccccc1. The molecule has 2 aromatic rings. The molecule has 1 saturated heterocycles. The predicted octanol–water partition coefficient (Wildman–Crippen LogP) is 3.08. The zero-order valence-corrected chi connectivity index (χ0v) is 17.0. The van der Waals surface area contributed by atoms with Gasteiger partial charge in [-0.1, -0.05) is 30.3 Å². The highest BCUT2D eigenvalue weighted by molar-refractivity contribution is 7.88. The lowest BCUT2D eigenvalue weighted by atomic mass is 10.1. The number of nitrogens with one attached hydrogen (secondary N) is 1. The number of carbonyl (C=O) groups excluding carboxylic acids is 1. The second-order valence-corrected chi connectivity index (χ2v) is 9.14. The average molecular weight is 402 g/mol. The third-order valence-corrected chi connectivity index (χ3v) is 6.06. The van der Waals surface area contributed by atoms with Gasteiger partial charge < -0.3 is 10.2 Å². The molecule has 1 N–H and O–H groups in total. The summed E-state index contributed by atoms with van der Waals surface area (Å²) in [6.45, 7) is 2.08. The molecule has 0 spiro atoms. The fourth-order valence-corrected chi connectivity index (χ4v) is 4.08. The molecular formula is C21H27N3O3S. The van der Waals surface area contributed by atoms with Crippen LogP contribution in [0.3, 0.4) is 0 Å². The van der Waals surface area contributed by atoms with Crippen molar-refractivity contribution in [2.45, 2.75) is 25.8 Å². The van der Waals surface area contributed by atoms with E-state index >= 15 is 0 Å². The first-order valence-electron chi connectivity index (χ1n) is 9.56. The van der Waals surface area contributed by atoms with Crippen molar-refractivity contribution in [3.63, 3.8) is 0 Å². The molecule has 0 aromatic heterocycles. The summed E-state index contributed by atoms with van der Waals surface area (Å²) in [6.07, 6.45) is 4.82. The maximum atomic E-state index is 12.4. The number of benzene rings is 2. The number of carbonyl (C=O) groups is 1. The molecule has 0 aliphatic carbocycles. The van der Waals surface area contributed by atoms with Crippen molar-refractivity contribution >= 4 is 27.3 Å². The van der Waals surface area contributed by atoms with Gasteiger partial charge >= 0.3 is 0 Å². The molecule has 28 heavy (non-hydrogen) atoms. The fourth-order valence-electron chi connectivity index (χ4n) is 3.35. The third kappa shape index (κ3) is 5.81. The number of sulfonamides is 1. The molecule has 0 radical (unpaired) electrons. The number of rotatable bonds is 7. The maximum Gasteiger partial charge on any atom is 0.239 e. The van der Waals surface area contributed by atoms with Gasteiger partial charge in [0.05, 0.1) is 12.8 Å². The van der Waals surface area contributed by atoms with Crippen molar-refractivity contribution in [3.05, 3.63) is 60.2 Å². The molecule has 2 aromatic carbocycles. The molecule has 0 unspecified atom stereocenters. The van der Waals surface area contributed by atoms with Gasteiger partial charge in [-0.05, 0) is 49.1 Å². The van der Waals surface area contributed by atoms with Gasteiger partial charge in [0.1, 0.15) is 0 Å². The summed E-state index contributed by atoms with van der Waals surface area (Å²) in [5.74, 6) is -0.355. The number of nitrogens with zero attached hydrogens (tertiary/aromatic N) is 2. The number of hydrogen-bond acceptors (Lipinski definition) is 4. The lowest BCUT2D eigenvalue weighted by molar-refractivity contribution is -0.116. The van der Waals surface area contributed by atoms with Crippen LogP contribution >= 0.6 is 0 Å². The van der Waals surface area contributed by atoms with Gasteiger partial charge in [-0.25, -0.2) is 8.42 Å². The first-order valence-corrected chi connectivity index (χ1v) is 11.4. The van der Waals surface area contributed by atoms with Gasteiger partial charge in [0.2, 0.25) is 15.9 Å². The van der Waals surface area contributed by atoms with E-state index in [-0.39, 0.29) is 19.0 Å². The summed E-state index contributed by atoms with van der Waals surface area (Å²) in [5, 5.41) is 2.80. The lowest BCUT2D eigenvalue weighted by Crippen LogP contribution is -2.36. The predicted molar refractivity (Wildman–Crippen MR) is 113 cm³/mol. The Morgan fingerprint density at radius 3 is 2.25 bits per heavy atom. The van der Waals surface area contributed by atoms with Crippen LogP contribution in [0.4, 0.5) is 11.4 Å². The van der Waals surface area contributed by atoms with E-state index in [0.29, 0.717) is 5.69 Å². The van der Waals surface area contributed by atoms with Crippen molar-refractivity contribution in [2.24, 2.45) is 0 Å². The van der Waals surface area contributed by atoms with Crippen LogP contribution in [-0.2, 0) is 21.4 Å². The second kappa shape index (κ2) is 9.21. The zero-order chi connectivity index (χ0) is 20.0. The second-order valence-electron chi connectivity index (χ2n) is 7.16. The van der Waals surface area contributed by atoms with Crippen molar-refractivity contribution in [1.82, 2.24) is 4.31 Å². The van der Waals surface area contributed by atoms with Crippen LogP contribution in [0, 0.1) is 0 Å². The van der Waals surface area contributed by atoms with Gasteiger partial charge in [-0.2, -0.15) is 4.31 Å². The Morgan fingerprint density at radius 1 is 1.00 bits per heavy atom. The minimum Gasteiger partial charge on any atom is -0.372 e. The van der Waals surface area contributed by atoms with Crippen molar-refractivity contribution in [1.29, 1.82) is 0 Å². The van der Waals surface area contributed by atoms with Crippen LogP contribution in [0.25, 0.3) is 0 Å². The summed E-state index contributed by atoms with van der Waals surface area (Å²) in [6, 6.07) is 17.0. The molecule has 1 aliphatic rings. The Kier molecular flexibility index (Phi) is 6.70.